The third-order valence-corrected chi connectivity index (χ3v) is 2.35. The zero-order valence-corrected chi connectivity index (χ0v) is 7.76. The third kappa shape index (κ3) is 1.22. The van der Waals surface area contributed by atoms with Gasteiger partial charge < -0.3 is 10.3 Å². The van der Waals surface area contributed by atoms with E-state index in [1.165, 1.54) is 0 Å². The van der Waals surface area contributed by atoms with Crippen LogP contribution in [0.15, 0.2) is 4.52 Å². The van der Waals surface area contributed by atoms with Gasteiger partial charge in [-0.3, -0.25) is 4.79 Å². The molecule has 0 unspecified atom stereocenters. The van der Waals surface area contributed by atoms with Crippen LogP contribution in [-0.4, -0.2) is 10.9 Å². The van der Waals surface area contributed by atoms with Gasteiger partial charge in [-0.1, -0.05) is 19.0 Å². The fourth-order valence-electron chi connectivity index (χ4n) is 1.80. The van der Waals surface area contributed by atoms with E-state index >= 15 is 0 Å². The fourth-order valence-corrected chi connectivity index (χ4v) is 1.80. The van der Waals surface area contributed by atoms with Crippen LogP contribution in [0.3, 0.4) is 0 Å². The molecule has 1 aliphatic carbocycles. The SMILES string of the molecule is CC1(C)CC(=O)c2c(noc2N)C1. The molecule has 2 rings (SSSR count). The number of nitrogens with two attached hydrogens (primary N) is 1. The van der Waals surface area contributed by atoms with E-state index in [0.717, 1.165) is 6.42 Å². The number of anilines is 1. The topological polar surface area (TPSA) is 69.1 Å². The molecular weight excluding hydrogens is 168 g/mol. The number of hydrogen-bond acceptors (Lipinski definition) is 4. The molecule has 0 bridgehead atoms. The lowest BCUT2D eigenvalue weighted by molar-refractivity contribution is 0.0913. The lowest BCUT2D eigenvalue weighted by atomic mass is 9.76. The zero-order chi connectivity index (χ0) is 9.64. The van der Waals surface area contributed by atoms with E-state index in [4.69, 9.17) is 10.3 Å². The highest BCUT2D eigenvalue weighted by molar-refractivity contribution is 6.02. The van der Waals surface area contributed by atoms with Gasteiger partial charge in [0.25, 0.3) is 0 Å². The smallest absolute Gasteiger partial charge is 0.233 e. The minimum absolute atomic E-state index is 0.0204. The Hall–Kier alpha value is -1.32. The van der Waals surface area contributed by atoms with Crippen molar-refractivity contribution >= 4 is 11.7 Å². The normalized spacial score (nSPS) is 20.0. The van der Waals surface area contributed by atoms with Crippen molar-refractivity contribution in [3.8, 4) is 0 Å². The molecule has 0 fully saturated rings. The Kier molecular flexibility index (Phi) is 1.49. The number of Topliss-reactive ketones (excluding diaryl/α,β-unsaturated/α-hetero) is 1. The van der Waals surface area contributed by atoms with Crippen LogP contribution in [0.25, 0.3) is 0 Å². The second-order valence-electron chi connectivity index (χ2n) is 4.31. The Morgan fingerprint density at radius 2 is 2.15 bits per heavy atom. The number of nitrogen functional groups attached to an aromatic ring is 1. The molecule has 4 nitrogen and oxygen atoms in total. The predicted octanol–water partition coefficient (Wildman–Crippen LogP) is 1.41. The maximum absolute atomic E-state index is 11.6. The summed E-state index contributed by atoms with van der Waals surface area (Å²) in [5.41, 5.74) is 6.68. The molecule has 0 saturated heterocycles. The number of rotatable bonds is 0. The van der Waals surface area contributed by atoms with Crippen molar-refractivity contribution in [1.29, 1.82) is 0 Å². The van der Waals surface area contributed by atoms with Gasteiger partial charge in [-0.25, -0.2) is 0 Å². The van der Waals surface area contributed by atoms with E-state index in [-0.39, 0.29) is 17.1 Å². The van der Waals surface area contributed by atoms with Gasteiger partial charge >= 0.3 is 0 Å². The molecular formula is C9H12N2O2. The molecule has 1 aliphatic rings. The zero-order valence-electron chi connectivity index (χ0n) is 7.76. The first-order valence-electron chi connectivity index (χ1n) is 4.27. The van der Waals surface area contributed by atoms with Crippen molar-refractivity contribution in [2.24, 2.45) is 5.41 Å². The summed E-state index contributed by atoms with van der Waals surface area (Å²) in [5, 5.41) is 3.78. The second kappa shape index (κ2) is 2.34. The van der Waals surface area contributed by atoms with Gasteiger partial charge in [0.05, 0.1) is 5.69 Å². The van der Waals surface area contributed by atoms with Gasteiger partial charge in [0, 0.05) is 6.42 Å². The number of carbonyl (C=O) groups excluding carboxylic acids is 1. The lowest BCUT2D eigenvalue weighted by Crippen LogP contribution is -2.26. The Morgan fingerprint density at radius 1 is 1.46 bits per heavy atom. The van der Waals surface area contributed by atoms with Crippen LogP contribution in [-0.2, 0) is 6.42 Å². The average molecular weight is 180 g/mol. The van der Waals surface area contributed by atoms with Crippen molar-refractivity contribution in [3.05, 3.63) is 11.3 Å². The second-order valence-corrected chi connectivity index (χ2v) is 4.31. The first kappa shape index (κ1) is 8.29. The Bertz CT molecular complexity index is 366. The first-order chi connectivity index (χ1) is 5.99. The summed E-state index contributed by atoms with van der Waals surface area (Å²) in [6.45, 7) is 4.08. The highest BCUT2D eigenvalue weighted by Gasteiger charge is 2.35. The van der Waals surface area contributed by atoms with E-state index in [1.54, 1.807) is 0 Å². The van der Waals surface area contributed by atoms with Gasteiger partial charge in [-0.15, -0.1) is 0 Å². The summed E-state index contributed by atoms with van der Waals surface area (Å²) in [5.74, 6) is 0.209. The summed E-state index contributed by atoms with van der Waals surface area (Å²) < 4.78 is 4.79. The summed E-state index contributed by atoms with van der Waals surface area (Å²) >= 11 is 0. The molecule has 0 aliphatic heterocycles. The quantitative estimate of drug-likeness (QED) is 0.655. The van der Waals surface area contributed by atoms with Crippen LogP contribution in [0.5, 0.6) is 0 Å². The van der Waals surface area contributed by atoms with Crippen molar-refractivity contribution < 1.29 is 9.32 Å². The molecule has 0 spiro atoms. The largest absolute Gasteiger partial charge is 0.367 e. The Morgan fingerprint density at radius 3 is 2.85 bits per heavy atom. The molecule has 0 atom stereocenters. The first-order valence-corrected chi connectivity index (χ1v) is 4.27. The van der Waals surface area contributed by atoms with Gasteiger partial charge in [0.2, 0.25) is 5.88 Å². The van der Waals surface area contributed by atoms with Crippen LogP contribution in [0.1, 0.15) is 36.3 Å². The molecule has 70 valence electrons. The maximum Gasteiger partial charge on any atom is 0.233 e. The Balaban J connectivity index is 2.51. The van der Waals surface area contributed by atoms with Crippen LogP contribution < -0.4 is 5.73 Å². The minimum atomic E-state index is -0.0204. The summed E-state index contributed by atoms with van der Waals surface area (Å²) in [6, 6.07) is 0. The van der Waals surface area contributed by atoms with Gasteiger partial charge in [-0.05, 0) is 11.8 Å². The van der Waals surface area contributed by atoms with Crippen LogP contribution in [0.2, 0.25) is 0 Å². The van der Waals surface area contributed by atoms with Crippen molar-refractivity contribution in [3.63, 3.8) is 0 Å². The minimum Gasteiger partial charge on any atom is -0.367 e. The fraction of sp³-hybridized carbons (Fsp3) is 0.556. The van der Waals surface area contributed by atoms with Gasteiger partial charge in [-0.2, -0.15) is 0 Å². The van der Waals surface area contributed by atoms with Gasteiger partial charge in [0.15, 0.2) is 5.78 Å². The van der Waals surface area contributed by atoms with Crippen LogP contribution in [0, 0.1) is 5.41 Å². The third-order valence-electron chi connectivity index (χ3n) is 2.35. The van der Waals surface area contributed by atoms with Crippen LogP contribution in [0.4, 0.5) is 5.88 Å². The van der Waals surface area contributed by atoms with E-state index in [1.807, 2.05) is 13.8 Å². The molecule has 2 N–H and O–H groups in total. The van der Waals surface area contributed by atoms with Crippen molar-refractivity contribution in [2.45, 2.75) is 26.7 Å². The van der Waals surface area contributed by atoms with E-state index in [2.05, 4.69) is 5.16 Å². The molecule has 1 aromatic heterocycles. The highest BCUT2D eigenvalue weighted by Crippen LogP contribution is 2.36. The standard InChI is InChI=1S/C9H12N2O2/c1-9(2)3-5-7(6(12)4-9)8(10)13-11-5/h3-4,10H2,1-2H3. The van der Waals surface area contributed by atoms with E-state index < -0.39 is 0 Å². The van der Waals surface area contributed by atoms with Gasteiger partial charge in [0.1, 0.15) is 5.56 Å². The predicted molar refractivity (Wildman–Crippen MR) is 47.3 cm³/mol. The molecule has 1 aromatic rings. The highest BCUT2D eigenvalue weighted by atomic mass is 16.5. The number of carbonyl (C=O) groups is 1. The number of aromatic nitrogens is 1. The number of ketones is 1. The molecule has 1 heterocycles. The molecule has 0 amide bonds. The monoisotopic (exact) mass is 180 g/mol. The summed E-state index contributed by atoms with van der Waals surface area (Å²) in [7, 11) is 0. The summed E-state index contributed by atoms with van der Waals surface area (Å²) in [6.07, 6.45) is 1.28. The molecule has 13 heavy (non-hydrogen) atoms. The van der Waals surface area contributed by atoms with E-state index in [0.29, 0.717) is 17.7 Å². The lowest BCUT2D eigenvalue weighted by Gasteiger charge is -2.26. The Labute approximate surface area is 76.1 Å². The molecule has 0 radical (unpaired) electrons. The maximum atomic E-state index is 11.6. The molecule has 0 saturated carbocycles. The summed E-state index contributed by atoms with van der Waals surface area (Å²) in [4.78, 5) is 11.6. The van der Waals surface area contributed by atoms with Crippen molar-refractivity contribution in [2.75, 3.05) is 5.73 Å². The number of nitrogens with zero attached hydrogens (tertiary/aromatic N) is 1. The number of fused-ring (bicyclic) bond motifs is 1. The molecule has 0 aromatic carbocycles. The van der Waals surface area contributed by atoms with Crippen LogP contribution >= 0.6 is 0 Å². The van der Waals surface area contributed by atoms with Crippen molar-refractivity contribution in [1.82, 2.24) is 5.16 Å². The number of hydrogen-bond donors (Lipinski definition) is 1. The molecule has 4 heteroatoms. The van der Waals surface area contributed by atoms with E-state index in [9.17, 15) is 4.79 Å². The average Bonchev–Trinajstić information content (AvgIpc) is 2.28.